The van der Waals surface area contributed by atoms with Crippen LogP contribution in [0.5, 0.6) is 0 Å². The van der Waals surface area contributed by atoms with Crippen LogP contribution >= 0.6 is 12.4 Å². The quantitative estimate of drug-likeness (QED) is 0.834. The van der Waals surface area contributed by atoms with E-state index in [2.05, 4.69) is 32.0 Å². The molecule has 15 heavy (non-hydrogen) atoms. The maximum Gasteiger partial charge on any atom is 0.0431 e. The molecule has 0 aromatic heterocycles. The molecule has 0 unspecified atom stereocenters. The van der Waals surface area contributed by atoms with Gasteiger partial charge in [-0.25, -0.2) is 0 Å². The predicted molar refractivity (Wildman–Crippen MR) is 66.4 cm³/mol. The van der Waals surface area contributed by atoms with Gasteiger partial charge in [-0.05, 0) is 43.4 Å². The van der Waals surface area contributed by atoms with E-state index < -0.39 is 0 Å². The summed E-state index contributed by atoms with van der Waals surface area (Å²) < 4.78 is 0. The van der Waals surface area contributed by atoms with Gasteiger partial charge in [0.1, 0.15) is 0 Å². The Morgan fingerprint density at radius 1 is 1.27 bits per heavy atom. The van der Waals surface area contributed by atoms with Crippen molar-refractivity contribution in [3.8, 4) is 0 Å². The lowest BCUT2D eigenvalue weighted by atomic mass is 9.99. The molecule has 3 heteroatoms. The van der Waals surface area contributed by atoms with E-state index >= 15 is 0 Å². The Bertz CT molecular complexity index is 302. The van der Waals surface area contributed by atoms with E-state index in [1.165, 1.54) is 16.7 Å². The average Bonchev–Trinajstić information content (AvgIpc) is 2.18. The second kappa shape index (κ2) is 6.83. The Morgan fingerprint density at radius 3 is 2.47 bits per heavy atom. The highest BCUT2D eigenvalue weighted by atomic mass is 35.5. The fourth-order valence-corrected chi connectivity index (χ4v) is 1.47. The predicted octanol–water partition coefficient (Wildman–Crippen LogP) is 2.50. The van der Waals surface area contributed by atoms with Gasteiger partial charge in [-0.1, -0.05) is 18.2 Å². The molecule has 1 atom stereocenters. The number of benzene rings is 1. The number of aliphatic hydroxyl groups excluding tert-OH is 1. The van der Waals surface area contributed by atoms with Gasteiger partial charge in [0.2, 0.25) is 0 Å². The minimum atomic E-state index is 0. The molecule has 0 heterocycles. The van der Waals surface area contributed by atoms with Crippen LogP contribution in [0.15, 0.2) is 18.2 Å². The third kappa shape index (κ3) is 4.20. The number of rotatable bonds is 4. The molecule has 2 nitrogen and oxygen atoms in total. The molecule has 0 saturated heterocycles. The van der Waals surface area contributed by atoms with Crippen LogP contribution in [0.25, 0.3) is 0 Å². The van der Waals surface area contributed by atoms with Gasteiger partial charge in [-0.3, -0.25) is 0 Å². The average molecular weight is 230 g/mol. The lowest BCUT2D eigenvalue weighted by Crippen LogP contribution is -2.11. The fraction of sp³-hybridized carbons (Fsp3) is 0.500. The summed E-state index contributed by atoms with van der Waals surface area (Å²) >= 11 is 0. The smallest absolute Gasteiger partial charge is 0.0431 e. The zero-order chi connectivity index (χ0) is 10.6. The minimum absolute atomic E-state index is 0. The van der Waals surface area contributed by atoms with Crippen LogP contribution < -0.4 is 5.73 Å². The van der Waals surface area contributed by atoms with Crippen molar-refractivity contribution in [2.24, 2.45) is 5.73 Å². The maximum absolute atomic E-state index is 8.71. The van der Waals surface area contributed by atoms with E-state index in [1.54, 1.807) is 0 Å². The van der Waals surface area contributed by atoms with Gasteiger partial charge >= 0.3 is 0 Å². The van der Waals surface area contributed by atoms with Crippen molar-refractivity contribution >= 4 is 12.4 Å². The van der Waals surface area contributed by atoms with Crippen molar-refractivity contribution in [3.05, 3.63) is 34.9 Å². The largest absolute Gasteiger partial charge is 0.396 e. The topological polar surface area (TPSA) is 46.2 Å². The second-order valence-corrected chi connectivity index (χ2v) is 3.82. The summed E-state index contributed by atoms with van der Waals surface area (Å²) in [5.41, 5.74) is 9.73. The third-order valence-electron chi connectivity index (χ3n) is 2.63. The Kier molecular flexibility index (Phi) is 6.57. The molecule has 86 valence electrons. The molecule has 0 amide bonds. The molecule has 1 aromatic carbocycles. The lowest BCUT2D eigenvalue weighted by molar-refractivity contribution is 0.280. The SMILES string of the molecule is Cc1ccc([C@H](N)CCCO)cc1C.Cl. The first-order valence-electron chi connectivity index (χ1n) is 5.08. The number of aryl methyl sites for hydroxylation is 2. The number of halogens is 1. The lowest BCUT2D eigenvalue weighted by Gasteiger charge is -2.12. The van der Waals surface area contributed by atoms with Crippen LogP contribution in [0.3, 0.4) is 0 Å². The van der Waals surface area contributed by atoms with Crippen LogP contribution in [-0.2, 0) is 0 Å². The molecule has 0 saturated carbocycles. The summed E-state index contributed by atoms with van der Waals surface area (Å²) in [7, 11) is 0. The normalized spacial score (nSPS) is 12.0. The van der Waals surface area contributed by atoms with Crippen molar-refractivity contribution in [1.29, 1.82) is 0 Å². The zero-order valence-corrected chi connectivity index (χ0v) is 10.2. The van der Waals surface area contributed by atoms with E-state index in [0.717, 1.165) is 12.8 Å². The molecule has 1 aromatic rings. The molecule has 0 radical (unpaired) electrons. The van der Waals surface area contributed by atoms with Gasteiger partial charge in [-0.2, -0.15) is 0 Å². The number of hydrogen-bond donors (Lipinski definition) is 2. The van der Waals surface area contributed by atoms with Gasteiger partial charge in [0.05, 0.1) is 0 Å². The van der Waals surface area contributed by atoms with Crippen molar-refractivity contribution in [2.45, 2.75) is 32.7 Å². The molecule has 0 bridgehead atoms. The van der Waals surface area contributed by atoms with E-state index in [4.69, 9.17) is 10.8 Å². The Labute approximate surface area is 97.9 Å². The molecule has 0 spiro atoms. The summed E-state index contributed by atoms with van der Waals surface area (Å²) in [5.74, 6) is 0. The highest BCUT2D eigenvalue weighted by molar-refractivity contribution is 5.85. The first kappa shape index (κ1) is 14.4. The van der Waals surface area contributed by atoms with E-state index in [9.17, 15) is 0 Å². The Morgan fingerprint density at radius 2 is 1.93 bits per heavy atom. The third-order valence-corrected chi connectivity index (χ3v) is 2.63. The van der Waals surface area contributed by atoms with E-state index in [1.807, 2.05) is 0 Å². The number of nitrogens with two attached hydrogens (primary N) is 1. The molecule has 0 fully saturated rings. The molecule has 0 aliphatic heterocycles. The molecular weight excluding hydrogens is 210 g/mol. The van der Waals surface area contributed by atoms with Crippen LogP contribution in [0.4, 0.5) is 0 Å². The van der Waals surface area contributed by atoms with Crippen LogP contribution in [0.2, 0.25) is 0 Å². The summed E-state index contributed by atoms with van der Waals surface area (Å²) in [6.07, 6.45) is 1.62. The molecule has 0 aliphatic carbocycles. The summed E-state index contributed by atoms with van der Waals surface area (Å²) in [6.45, 7) is 4.41. The molecular formula is C12H20ClNO. The standard InChI is InChI=1S/C12H19NO.ClH/c1-9-5-6-11(8-10(9)2)12(13)4-3-7-14;/h5-6,8,12,14H,3-4,7,13H2,1-2H3;1H/t12-;/m1./s1. The number of aliphatic hydroxyl groups is 1. The van der Waals surface area contributed by atoms with Gasteiger partial charge in [0.25, 0.3) is 0 Å². The van der Waals surface area contributed by atoms with Gasteiger partial charge < -0.3 is 10.8 Å². The highest BCUT2D eigenvalue weighted by Gasteiger charge is 2.05. The maximum atomic E-state index is 8.71. The fourth-order valence-electron chi connectivity index (χ4n) is 1.47. The van der Waals surface area contributed by atoms with Crippen LogP contribution in [-0.4, -0.2) is 11.7 Å². The van der Waals surface area contributed by atoms with E-state index in [-0.39, 0.29) is 25.1 Å². The first-order valence-corrected chi connectivity index (χ1v) is 5.08. The summed E-state index contributed by atoms with van der Waals surface area (Å²) in [5, 5.41) is 8.71. The second-order valence-electron chi connectivity index (χ2n) is 3.82. The zero-order valence-electron chi connectivity index (χ0n) is 9.36. The van der Waals surface area contributed by atoms with Crippen LogP contribution in [0.1, 0.15) is 35.6 Å². The van der Waals surface area contributed by atoms with Crippen molar-refractivity contribution in [1.82, 2.24) is 0 Å². The van der Waals surface area contributed by atoms with Crippen LogP contribution in [0, 0.1) is 13.8 Å². The minimum Gasteiger partial charge on any atom is -0.396 e. The summed E-state index contributed by atoms with van der Waals surface area (Å²) in [4.78, 5) is 0. The van der Waals surface area contributed by atoms with Crippen molar-refractivity contribution < 1.29 is 5.11 Å². The van der Waals surface area contributed by atoms with E-state index in [0.29, 0.717) is 0 Å². The monoisotopic (exact) mass is 229 g/mol. The van der Waals surface area contributed by atoms with Crippen molar-refractivity contribution in [2.75, 3.05) is 6.61 Å². The first-order chi connectivity index (χ1) is 6.65. The van der Waals surface area contributed by atoms with Gasteiger partial charge in [-0.15, -0.1) is 12.4 Å². The highest BCUT2D eigenvalue weighted by Crippen LogP contribution is 2.18. The molecule has 3 N–H and O–H groups in total. The van der Waals surface area contributed by atoms with Gasteiger partial charge in [0.15, 0.2) is 0 Å². The molecule has 1 rings (SSSR count). The Hall–Kier alpha value is -0.570. The number of hydrogen-bond acceptors (Lipinski definition) is 2. The van der Waals surface area contributed by atoms with Crippen molar-refractivity contribution in [3.63, 3.8) is 0 Å². The summed E-state index contributed by atoms with van der Waals surface area (Å²) in [6, 6.07) is 6.37. The van der Waals surface area contributed by atoms with Gasteiger partial charge in [0, 0.05) is 12.6 Å². The molecule has 0 aliphatic rings. The Balaban J connectivity index is 0.00000196.